The van der Waals surface area contributed by atoms with Gasteiger partial charge in [-0.3, -0.25) is 19.1 Å². The zero-order valence-corrected chi connectivity index (χ0v) is 21.5. The number of benzene rings is 3. The van der Waals surface area contributed by atoms with E-state index in [4.69, 9.17) is 0 Å². The van der Waals surface area contributed by atoms with Crippen molar-refractivity contribution in [2.75, 3.05) is 37.4 Å². The number of para-hydroxylation sites is 1. The lowest BCUT2D eigenvalue weighted by molar-refractivity contribution is -0.130. The Morgan fingerprint density at radius 1 is 0.811 bits per heavy atom. The standard InChI is InChI=1S/C26H26N4O5S.ClH/c31-24(30-16-14-27-15-17-30)18-28-26(33)20-10-12-21(13-11-20)36(34,35)29-23-9-5-4-8-22(23)25(32)19-6-2-1-3-7-19;/h1-13,27,29H,14-18H2,(H,28,33);1H. The Morgan fingerprint density at radius 3 is 2.11 bits per heavy atom. The predicted octanol–water partition coefficient (Wildman–Crippen LogP) is 2.30. The third-order valence-electron chi connectivity index (χ3n) is 5.75. The van der Waals surface area contributed by atoms with Gasteiger partial charge in [-0.25, -0.2) is 8.42 Å². The van der Waals surface area contributed by atoms with Crippen molar-refractivity contribution >= 4 is 45.7 Å². The van der Waals surface area contributed by atoms with E-state index in [1.54, 1.807) is 53.4 Å². The highest BCUT2D eigenvalue weighted by molar-refractivity contribution is 7.92. The van der Waals surface area contributed by atoms with Crippen LogP contribution in [0.3, 0.4) is 0 Å². The molecule has 4 rings (SSSR count). The Hall–Kier alpha value is -3.73. The Labute approximate surface area is 221 Å². The molecule has 0 atom stereocenters. The lowest BCUT2D eigenvalue weighted by Gasteiger charge is -2.27. The van der Waals surface area contributed by atoms with Gasteiger partial charge in [0.25, 0.3) is 15.9 Å². The first kappa shape index (κ1) is 27.9. The van der Waals surface area contributed by atoms with Crippen LogP contribution in [0, 0.1) is 0 Å². The number of carbonyl (C=O) groups is 3. The Kier molecular flexibility index (Phi) is 9.40. The van der Waals surface area contributed by atoms with Crippen molar-refractivity contribution in [2.24, 2.45) is 0 Å². The van der Waals surface area contributed by atoms with Crippen LogP contribution >= 0.6 is 12.4 Å². The van der Waals surface area contributed by atoms with E-state index < -0.39 is 15.9 Å². The van der Waals surface area contributed by atoms with Crippen LogP contribution in [-0.4, -0.2) is 63.6 Å². The summed E-state index contributed by atoms with van der Waals surface area (Å²) in [7, 11) is -4.03. The molecule has 3 N–H and O–H groups in total. The molecule has 11 heteroatoms. The number of hydrogen-bond donors (Lipinski definition) is 3. The maximum atomic E-state index is 13.0. The van der Waals surface area contributed by atoms with Crippen LogP contribution in [0.4, 0.5) is 5.69 Å². The monoisotopic (exact) mass is 542 g/mol. The molecular formula is C26H27ClN4O5S. The molecule has 0 aromatic heterocycles. The molecule has 3 aromatic carbocycles. The van der Waals surface area contributed by atoms with Crippen LogP contribution in [0.15, 0.2) is 83.8 Å². The van der Waals surface area contributed by atoms with Gasteiger partial charge in [0.15, 0.2) is 5.78 Å². The summed E-state index contributed by atoms with van der Waals surface area (Å²) < 4.78 is 28.5. The van der Waals surface area contributed by atoms with E-state index >= 15 is 0 Å². The van der Waals surface area contributed by atoms with Gasteiger partial charge in [-0.1, -0.05) is 42.5 Å². The van der Waals surface area contributed by atoms with Gasteiger partial charge in [-0.2, -0.15) is 0 Å². The number of rotatable bonds is 8. The molecule has 37 heavy (non-hydrogen) atoms. The fraction of sp³-hybridized carbons (Fsp3) is 0.192. The van der Waals surface area contributed by atoms with Gasteiger partial charge in [0.05, 0.1) is 17.1 Å². The van der Waals surface area contributed by atoms with Crippen LogP contribution in [0.2, 0.25) is 0 Å². The number of ketones is 1. The molecule has 0 bridgehead atoms. The molecule has 0 radical (unpaired) electrons. The van der Waals surface area contributed by atoms with Crippen molar-refractivity contribution in [3.8, 4) is 0 Å². The maximum absolute atomic E-state index is 13.0. The van der Waals surface area contributed by atoms with Crippen LogP contribution < -0.4 is 15.4 Å². The molecule has 1 fully saturated rings. The second-order valence-electron chi connectivity index (χ2n) is 8.18. The van der Waals surface area contributed by atoms with Crippen LogP contribution in [0.1, 0.15) is 26.3 Å². The average Bonchev–Trinajstić information content (AvgIpc) is 2.92. The molecule has 3 aromatic rings. The molecule has 0 saturated carbocycles. The quantitative estimate of drug-likeness (QED) is 0.375. The first-order valence-corrected chi connectivity index (χ1v) is 12.9. The van der Waals surface area contributed by atoms with Gasteiger partial charge in [-0.15, -0.1) is 12.4 Å². The van der Waals surface area contributed by atoms with Crippen LogP contribution in [0.25, 0.3) is 0 Å². The van der Waals surface area contributed by atoms with E-state index in [1.807, 2.05) is 0 Å². The SMILES string of the molecule is Cl.O=C(NCC(=O)N1CCNCC1)c1ccc(S(=O)(=O)Nc2ccccc2C(=O)c2ccccc2)cc1. The maximum Gasteiger partial charge on any atom is 0.261 e. The summed E-state index contributed by atoms with van der Waals surface area (Å²) in [5, 5.41) is 5.73. The number of anilines is 1. The van der Waals surface area contributed by atoms with Gasteiger partial charge < -0.3 is 15.5 Å². The molecule has 1 aliphatic heterocycles. The molecule has 194 valence electrons. The van der Waals surface area contributed by atoms with E-state index in [9.17, 15) is 22.8 Å². The van der Waals surface area contributed by atoms with Crippen molar-refractivity contribution < 1.29 is 22.8 Å². The molecule has 0 aliphatic carbocycles. The summed E-state index contributed by atoms with van der Waals surface area (Å²) in [6, 6.07) is 20.3. The van der Waals surface area contributed by atoms with Crippen molar-refractivity contribution in [2.45, 2.75) is 4.90 Å². The third kappa shape index (κ3) is 6.94. The molecule has 0 unspecified atom stereocenters. The summed E-state index contributed by atoms with van der Waals surface area (Å²) in [5.41, 5.74) is 1.04. The normalized spacial score (nSPS) is 13.2. The van der Waals surface area contributed by atoms with Crippen LogP contribution in [0.5, 0.6) is 0 Å². The number of piperazine rings is 1. The lowest BCUT2D eigenvalue weighted by Crippen LogP contribution is -2.49. The highest BCUT2D eigenvalue weighted by atomic mass is 35.5. The third-order valence-corrected chi connectivity index (χ3v) is 7.13. The smallest absolute Gasteiger partial charge is 0.261 e. The number of sulfonamides is 1. The average molecular weight is 543 g/mol. The number of nitrogens with one attached hydrogen (secondary N) is 3. The topological polar surface area (TPSA) is 125 Å². The molecule has 9 nitrogen and oxygen atoms in total. The number of carbonyl (C=O) groups excluding carboxylic acids is 3. The summed E-state index contributed by atoms with van der Waals surface area (Å²) in [6.07, 6.45) is 0. The minimum absolute atomic E-state index is 0. The van der Waals surface area contributed by atoms with E-state index in [2.05, 4.69) is 15.4 Å². The van der Waals surface area contributed by atoms with Gasteiger partial charge in [0.2, 0.25) is 5.91 Å². The Morgan fingerprint density at radius 2 is 1.43 bits per heavy atom. The highest BCUT2D eigenvalue weighted by Gasteiger charge is 2.21. The van der Waals surface area contributed by atoms with Crippen molar-refractivity contribution in [1.82, 2.24) is 15.5 Å². The minimum atomic E-state index is -4.03. The van der Waals surface area contributed by atoms with E-state index in [0.29, 0.717) is 31.7 Å². The summed E-state index contributed by atoms with van der Waals surface area (Å²) in [6.45, 7) is 2.48. The van der Waals surface area contributed by atoms with Gasteiger partial charge in [-0.05, 0) is 36.4 Å². The number of nitrogens with zero attached hydrogens (tertiary/aromatic N) is 1. The molecule has 0 spiro atoms. The summed E-state index contributed by atoms with van der Waals surface area (Å²) >= 11 is 0. The highest BCUT2D eigenvalue weighted by Crippen LogP contribution is 2.23. The molecule has 2 amide bonds. The number of hydrogen-bond acceptors (Lipinski definition) is 6. The molecule has 1 aliphatic rings. The van der Waals surface area contributed by atoms with Gasteiger partial charge in [0, 0.05) is 42.9 Å². The zero-order chi connectivity index (χ0) is 25.5. The van der Waals surface area contributed by atoms with Gasteiger partial charge in [0.1, 0.15) is 0 Å². The van der Waals surface area contributed by atoms with Crippen LogP contribution in [-0.2, 0) is 14.8 Å². The summed E-state index contributed by atoms with van der Waals surface area (Å²) in [5.74, 6) is -0.956. The fourth-order valence-corrected chi connectivity index (χ4v) is 4.87. The summed E-state index contributed by atoms with van der Waals surface area (Å²) in [4.78, 5) is 39.2. The second kappa shape index (κ2) is 12.5. The van der Waals surface area contributed by atoms with Crippen molar-refractivity contribution in [3.63, 3.8) is 0 Å². The van der Waals surface area contributed by atoms with E-state index in [0.717, 1.165) is 0 Å². The molecule has 1 saturated heterocycles. The molecular weight excluding hydrogens is 516 g/mol. The first-order chi connectivity index (χ1) is 17.3. The van der Waals surface area contributed by atoms with Crippen molar-refractivity contribution in [1.29, 1.82) is 0 Å². The number of amides is 2. The number of halogens is 1. The van der Waals surface area contributed by atoms with Gasteiger partial charge >= 0.3 is 0 Å². The first-order valence-electron chi connectivity index (χ1n) is 11.4. The van der Waals surface area contributed by atoms with Crippen molar-refractivity contribution in [3.05, 3.63) is 95.6 Å². The largest absolute Gasteiger partial charge is 0.343 e. The molecule has 1 heterocycles. The second-order valence-corrected chi connectivity index (χ2v) is 9.87. The van der Waals surface area contributed by atoms with E-state index in [1.165, 1.54) is 30.3 Å². The predicted molar refractivity (Wildman–Crippen MR) is 143 cm³/mol. The Balaban J connectivity index is 0.00000380. The zero-order valence-electron chi connectivity index (χ0n) is 19.8. The van der Waals surface area contributed by atoms with E-state index in [-0.39, 0.29) is 52.4 Å². The Bertz CT molecular complexity index is 1360. The fourth-order valence-electron chi connectivity index (χ4n) is 3.79. The minimum Gasteiger partial charge on any atom is -0.343 e. The lowest BCUT2D eigenvalue weighted by atomic mass is 10.0.